The van der Waals surface area contributed by atoms with E-state index in [-0.39, 0.29) is 12.1 Å². The summed E-state index contributed by atoms with van der Waals surface area (Å²) in [7, 11) is 0. The smallest absolute Gasteiger partial charge is 0.200 e. The molecule has 4 heteroatoms. The molecule has 2 aromatic carbocycles. The van der Waals surface area contributed by atoms with Crippen LogP contribution in [0.25, 0.3) is 0 Å². The van der Waals surface area contributed by atoms with E-state index in [1.165, 1.54) is 22.3 Å². The van der Waals surface area contributed by atoms with E-state index in [9.17, 15) is 0 Å². The Morgan fingerprint density at radius 2 is 1.12 bits per heavy atom. The lowest BCUT2D eigenvalue weighted by Gasteiger charge is -2.33. The van der Waals surface area contributed by atoms with Crippen molar-refractivity contribution in [2.75, 3.05) is 13.2 Å². The maximum absolute atomic E-state index is 6.41. The number of aliphatic imine (C=N–C) groups is 2. The molecule has 33 heavy (non-hydrogen) atoms. The first-order chi connectivity index (χ1) is 15.8. The zero-order valence-electron chi connectivity index (χ0n) is 21.0. The van der Waals surface area contributed by atoms with Crippen LogP contribution in [0.1, 0.15) is 49.9 Å². The molecule has 0 saturated heterocycles. The van der Waals surface area contributed by atoms with Gasteiger partial charge in [-0.3, -0.25) is 0 Å². The van der Waals surface area contributed by atoms with Gasteiger partial charge in [0.1, 0.15) is 18.6 Å². The van der Waals surface area contributed by atoms with Crippen LogP contribution in [-0.4, -0.2) is 37.1 Å². The van der Waals surface area contributed by atoms with Gasteiger partial charge < -0.3 is 9.47 Å². The molecule has 4 nitrogen and oxygen atoms in total. The Morgan fingerprint density at radius 3 is 1.45 bits per heavy atom. The molecule has 176 valence electrons. The number of benzene rings is 2. The molecule has 0 unspecified atom stereocenters. The van der Waals surface area contributed by atoms with Gasteiger partial charge in [0.2, 0.25) is 0 Å². The van der Waals surface area contributed by atoms with E-state index in [1.807, 2.05) is 0 Å². The number of hydrogen-bond donors (Lipinski definition) is 0. The first-order valence-electron chi connectivity index (χ1n) is 12.3. The molecule has 0 saturated carbocycles. The van der Waals surface area contributed by atoms with Gasteiger partial charge in [0, 0.05) is 0 Å². The van der Waals surface area contributed by atoms with Gasteiger partial charge in [0.25, 0.3) is 0 Å². The SMILES string of the molecule is Cc1ccccc1CC(Cc1ccccc1C)(C1=N[C@@H](C(C)C)CO1)C1=N[C@@H](C(C)C)CO1. The van der Waals surface area contributed by atoms with Crippen LogP contribution in [0.15, 0.2) is 58.5 Å². The first kappa shape index (κ1) is 23.5. The van der Waals surface area contributed by atoms with Crippen LogP contribution in [0.3, 0.4) is 0 Å². The van der Waals surface area contributed by atoms with Crippen molar-refractivity contribution in [2.24, 2.45) is 27.2 Å². The van der Waals surface area contributed by atoms with Crippen LogP contribution in [-0.2, 0) is 22.3 Å². The van der Waals surface area contributed by atoms with E-state index in [1.54, 1.807) is 0 Å². The minimum atomic E-state index is -0.564. The van der Waals surface area contributed by atoms with Crippen molar-refractivity contribution >= 4 is 11.8 Å². The molecule has 0 radical (unpaired) electrons. The summed E-state index contributed by atoms with van der Waals surface area (Å²) in [4.78, 5) is 10.3. The second kappa shape index (κ2) is 9.70. The van der Waals surface area contributed by atoms with Gasteiger partial charge in [0.15, 0.2) is 11.8 Å². The van der Waals surface area contributed by atoms with Crippen molar-refractivity contribution in [2.45, 2.75) is 66.5 Å². The fourth-order valence-corrected chi connectivity index (χ4v) is 4.71. The van der Waals surface area contributed by atoms with Crippen LogP contribution in [0.2, 0.25) is 0 Å². The van der Waals surface area contributed by atoms with E-state index in [4.69, 9.17) is 19.5 Å². The van der Waals surface area contributed by atoms with Crippen molar-refractivity contribution in [1.29, 1.82) is 0 Å². The molecule has 2 heterocycles. The predicted octanol–water partition coefficient (Wildman–Crippen LogP) is 5.98. The minimum absolute atomic E-state index is 0.163. The zero-order chi connectivity index (χ0) is 23.6. The second-order valence-electron chi connectivity index (χ2n) is 10.4. The van der Waals surface area contributed by atoms with Crippen LogP contribution in [0, 0.1) is 31.1 Å². The van der Waals surface area contributed by atoms with E-state index >= 15 is 0 Å². The Morgan fingerprint density at radius 1 is 0.727 bits per heavy atom. The van der Waals surface area contributed by atoms with Crippen LogP contribution in [0.5, 0.6) is 0 Å². The summed E-state index contributed by atoms with van der Waals surface area (Å²) >= 11 is 0. The van der Waals surface area contributed by atoms with Crippen molar-refractivity contribution in [3.05, 3.63) is 70.8 Å². The molecule has 4 rings (SSSR count). The van der Waals surface area contributed by atoms with Gasteiger partial charge in [-0.25, -0.2) is 9.98 Å². The lowest BCUT2D eigenvalue weighted by molar-refractivity contribution is 0.236. The zero-order valence-corrected chi connectivity index (χ0v) is 21.0. The fraction of sp³-hybridized carbons (Fsp3) is 0.517. The van der Waals surface area contributed by atoms with Gasteiger partial charge in [-0.05, 0) is 60.8 Å². The third kappa shape index (κ3) is 4.85. The normalized spacial score (nSPS) is 20.6. The first-order valence-corrected chi connectivity index (χ1v) is 12.3. The number of aryl methyl sites for hydroxylation is 2. The fourth-order valence-electron chi connectivity index (χ4n) is 4.71. The summed E-state index contributed by atoms with van der Waals surface area (Å²) in [5.74, 6) is 2.42. The van der Waals surface area contributed by atoms with Crippen LogP contribution >= 0.6 is 0 Å². The number of nitrogens with zero attached hydrogens (tertiary/aromatic N) is 2. The highest BCUT2D eigenvalue weighted by Gasteiger charge is 2.49. The summed E-state index contributed by atoms with van der Waals surface area (Å²) in [5, 5.41) is 0. The second-order valence-corrected chi connectivity index (χ2v) is 10.4. The Balaban J connectivity index is 1.89. The van der Waals surface area contributed by atoms with E-state index in [0.717, 1.165) is 24.6 Å². The van der Waals surface area contributed by atoms with E-state index in [2.05, 4.69) is 90.1 Å². The highest BCUT2D eigenvalue weighted by atomic mass is 16.5. The molecule has 2 aromatic rings. The summed E-state index contributed by atoms with van der Waals surface area (Å²) < 4.78 is 12.8. The van der Waals surface area contributed by atoms with E-state index < -0.39 is 5.41 Å². The molecule has 0 aromatic heterocycles. The van der Waals surface area contributed by atoms with Gasteiger partial charge in [-0.1, -0.05) is 76.2 Å². The highest BCUT2D eigenvalue weighted by molar-refractivity contribution is 6.07. The van der Waals surface area contributed by atoms with E-state index in [0.29, 0.717) is 25.0 Å². The average Bonchev–Trinajstić information content (AvgIpc) is 3.47. The largest absolute Gasteiger partial charge is 0.478 e. The van der Waals surface area contributed by atoms with Crippen LogP contribution in [0.4, 0.5) is 0 Å². The maximum atomic E-state index is 6.41. The Bertz CT molecular complexity index is 954. The minimum Gasteiger partial charge on any atom is -0.478 e. The molecule has 0 bridgehead atoms. The molecule has 2 atom stereocenters. The molecule has 2 aliphatic heterocycles. The van der Waals surface area contributed by atoms with Crippen molar-refractivity contribution in [3.63, 3.8) is 0 Å². The lowest BCUT2D eigenvalue weighted by Crippen LogP contribution is -2.44. The number of ether oxygens (including phenoxy) is 2. The predicted molar refractivity (Wildman–Crippen MR) is 136 cm³/mol. The summed E-state index contributed by atoms with van der Waals surface area (Å²) in [6, 6.07) is 17.5. The Kier molecular flexibility index (Phi) is 6.92. The average molecular weight is 447 g/mol. The lowest BCUT2D eigenvalue weighted by atomic mass is 9.74. The van der Waals surface area contributed by atoms with Crippen LogP contribution < -0.4 is 0 Å². The quantitative estimate of drug-likeness (QED) is 0.500. The molecule has 0 amide bonds. The monoisotopic (exact) mass is 446 g/mol. The van der Waals surface area contributed by atoms with Crippen molar-refractivity contribution in [3.8, 4) is 0 Å². The molecule has 0 spiro atoms. The number of hydrogen-bond acceptors (Lipinski definition) is 4. The number of rotatable bonds is 8. The maximum Gasteiger partial charge on any atom is 0.200 e. The molecule has 0 aliphatic carbocycles. The summed E-state index contributed by atoms with van der Waals surface area (Å²) in [6.45, 7) is 14.4. The Labute approximate surface area is 199 Å². The topological polar surface area (TPSA) is 43.2 Å². The standard InChI is InChI=1S/C29H38N2O2/c1-19(2)25-17-32-27(30-25)29(15-23-13-9-7-11-21(23)5,16-24-14-10-8-12-22(24)6)28-31-26(18-33-28)20(3)4/h7-14,19-20,25-26H,15-18H2,1-6H3/t25-,26-/m1/s1. The molecular formula is C29H38N2O2. The molecule has 0 fully saturated rings. The van der Waals surface area contributed by atoms with Crippen molar-refractivity contribution < 1.29 is 9.47 Å². The Hall–Kier alpha value is -2.62. The summed E-state index contributed by atoms with van der Waals surface area (Å²) in [5.41, 5.74) is 4.54. The van der Waals surface area contributed by atoms with Crippen molar-refractivity contribution in [1.82, 2.24) is 0 Å². The molecular weight excluding hydrogens is 408 g/mol. The summed E-state index contributed by atoms with van der Waals surface area (Å²) in [6.07, 6.45) is 1.50. The van der Waals surface area contributed by atoms with Gasteiger partial charge >= 0.3 is 0 Å². The van der Waals surface area contributed by atoms with Gasteiger partial charge in [-0.15, -0.1) is 0 Å². The third-order valence-electron chi connectivity index (χ3n) is 7.21. The van der Waals surface area contributed by atoms with Gasteiger partial charge in [0.05, 0.1) is 12.1 Å². The molecule has 2 aliphatic rings. The third-order valence-corrected chi connectivity index (χ3v) is 7.21. The molecule has 0 N–H and O–H groups in total. The van der Waals surface area contributed by atoms with Gasteiger partial charge in [-0.2, -0.15) is 0 Å². The highest BCUT2D eigenvalue weighted by Crippen LogP contribution is 2.39.